The number of imidazole rings is 1. The van der Waals surface area contributed by atoms with Crippen molar-refractivity contribution >= 4 is 12.0 Å². The predicted molar refractivity (Wildman–Crippen MR) is 64.9 cm³/mol. The number of hydrogen-bond acceptors (Lipinski definition) is 3. The maximum Gasteiger partial charge on any atom is 0.326 e. The third-order valence-corrected chi connectivity index (χ3v) is 2.71. The van der Waals surface area contributed by atoms with Gasteiger partial charge in [-0.15, -0.1) is 0 Å². The number of nitrogens with zero attached hydrogens (tertiary/aromatic N) is 3. The Balaban J connectivity index is 2.65. The molecule has 0 aliphatic carbocycles. The molecule has 0 saturated carbocycles. The molecule has 7 nitrogen and oxygen atoms in total. The highest BCUT2D eigenvalue weighted by atomic mass is 16.4. The van der Waals surface area contributed by atoms with E-state index in [9.17, 15) is 9.59 Å². The molecule has 1 heterocycles. The summed E-state index contributed by atoms with van der Waals surface area (Å²) in [7, 11) is 3.10. The van der Waals surface area contributed by atoms with Crippen LogP contribution in [-0.2, 0) is 11.3 Å². The van der Waals surface area contributed by atoms with Gasteiger partial charge in [-0.3, -0.25) is 0 Å². The van der Waals surface area contributed by atoms with Gasteiger partial charge < -0.3 is 19.9 Å². The number of carboxylic acids is 1. The zero-order chi connectivity index (χ0) is 13.7. The van der Waals surface area contributed by atoms with Crippen molar-refractivity contribution in [2.75, 3.05) is 14.1 Å². The molecule has 0 fully saturated rings. The van der Waals surface area contributed by atoms with Gasteiger partial charge in [-0.25, -0.2) is 14.6 Å². The zero-order valence-corrected chi connectivity index (χ0v) is 10.8. The van der Waals surface area contributed by atoms with E-state index in [1.807, 2.05) is 0 Å². The van der Waals surface area contributed by atoms with E-state index in [0.717, 1.165) is 0 Å². The van der Waals surface area contributed by atoms with Crippen molar-refractivity contribution in [1.29, 1.82) is 0 Å². The molecule has 0 saturated heterocycles. The monoisotopic (exact) mass is 254 g/mol. The van der Waals surface area contributed by atoms with Gasteiger partial charge in [-0.1, -0.05) is 6.92 Å². The molecular weight excluding hydrogens is 236 g/mol. The Hall–Kier alpha value is -2.05. The van der Waals surface area contributed by atoms with Gasteiger partial charge in [0.1, 0.15) is 11.9 Å². The van der Waals surface area contributed by atoms with Gasteiger partial charge in [0.25, 0.3) is 0 Å². The Morgan fingerprint density at radius 3 is 2.61 bits per heavy atom. The molecule has 0 aliphatic heterocycles. The fourth-order valence-electron chi connectivity index (χ4n) is 1.69. The predicted octanol–water partition coefficient (Wildman–Crippen LogP) is 0.756. The van der Waals surface area contributed by atoms with Crippen molar-refractivity contribution < 1.29 is 14.7 Å². The third kappa shape index (κ3) is 3.22. The van der Waals surface area contributed by atoms with Crippen molar-refractivity contribution in [3.63, 3.8) is 0 Å². The molecule has 100 valence electrons. The maximum absolute atomic E-state index is 12.0. The minimum absolute atomic E-state index is 0.312. The van der Waals surface area contributed by atoms with E-state index in [4.69, 9.17) is 5.11 Å². The van der Waals surface area contributed by atoms with Crippen LogP contribution in [0.15, 0.2) is 12.4 Å². The number of amides is 2. The molecule has 18 heavy (non-hydrogen) atoms. The number of rotatable bonds is 5. The number of carbonyl (C=O) groups is 2. The van der Waals surface area contributed by atoms with Crippen LogP contribution in [0.2, 0.25) is 0 Å². The molecule has 0 radical (unpaired) electrons. The molecule has 1 aromatic heterocycles. The third-order valence-electron chi connectivity index (χ3n) is 2.71. The summed E-state index contributed by atoms with van der Waals surface area (Å²) in [6.45, 7) is 2.04. The molecule has 1 rings (SSSR count). The highest BCUT2D eigenvalue weighted by Gasteiger charge is 2.26. The Labute approximate surface area is 105 Å². The molecule has 1 unspecified atom stereocenters. The number of carboxylic acid groups (broad SMARTS) is 1. The Kier molecular flexibility index (Phi) is 4.70. The van der Waals surface area contributed by atoms with Crippen LogP contribution in [0.4, 0.5) is 4.79 Å². The van der Waals surface area contributed by atoms with Gasteiger partial charge in [-0.05, 0) is 6.42 Å². The van der Waals surface area contributed by atoms with E-state index in [2.05, 4.69) is 9.97 Å². The van der Waals surface area contributed by atoms with Crippen LogP contribution >= 0.6 is 0 Å². The van der Waals surface area contributed by atoms with E-state index in [0.29, 0.717) is 18.8 Å². The largest absolute Gasteiger partial charge is 0.480 e. The molecule has 7 heteroatoms. The van der Waals surface area contributed by atoms with Crippen LogP contribution in [0.5, 0.6) is 0 Å². The summed E-state index contributed by atoms with van der Waals surface area (Å²) in [5, 5.41) is 9.00. The lowest BCUT2D eigenvalue weighted by Crippen LogP contribution is -2.47. The van der Waals surface area contributed by atoms with E-state index >= 15 is 0 Å². The number of carbonyl (C=O) groups excluding carboxylic acids is 1. The summed E-state index contributed by atoms with van der Waals surface area (Å²) < 4.78 is 0. The minimum atomic E-state index is -1.00. The highest BCUT2D eigenvalue weighted by molar-refractivity contribution is 5.82. The molecule has 1 atom stereocenters. The van der Waals surface area contributed by atoms with Crippen molar-refractivity contribution in [3.8, 4) is 0 Å². The first kappa shape index (κ1) is 14.0. The van der Waals surface area contributed by atoms with Crippen LogP contribution in [0.3, 0.4) is 0 Å². The lowest BCUT2D eigenvalue weighted by atomic mass is 10.2. The molecular formula is C11H18N4O3. The Bertz CT molecular complexity index is 404. The van der Waals surface area contributed by atoms with Crippen LogP contribution in [0.25, 0.3) is 0 Å². The number of hydrogen-bond donors (Lipinski definition) is 2. The summed E-state index contributed by atoms with van der Waals surface area (Å²) in [6, 6.07) is -1.16. The van der Waals surface area contributed by atoms with Gasteiger partial charge in [0.2, 0.25) is 0 Å². The van der Waals surface area contributed by atoms with Crippen molar-refractivity contribution in [2.45, 2.75) is 25.9 Å². The lowest BCUT2D eigenvalue weighted by Gasteiger charge is -2.28. The van der Waals surface area contributed by atoms with E-state index < -0.39 is 12.0 Å². The van der Waals surface area contributed by atoms with Crippen molar-refractivity contribution in [1.82, 2.24) is 19.8 Å². The van der Waals surface area contributed by atoms with Crippen molar-refractivity contribution in [3.05, 3.63) is 18.2 Å². The average Bonchev–Trinajstić information content (AvgIpc) is 2.80. The molecule has 0 spiro atoms. The lowest BCUT2D eigenvalue weighted by molar-refractivity contribution is -0.142. The first-order valence-electron chi connectivity index (χ1n) is 5.66. The number of nitrogens with one attached hydrogen (secondary N) is 1. The van der Waals surface area contributed by atoms with E-state index in [1.165, 1.54) is 16.8 Å². The van der Waals surface area contributed by atoms with Gasteiger partial charge in [0.15, 0.2) is 0 Å². The molecule has 2 amide bonds. The first-order valence-corrected chi connectivity index (χ1v) is 5.66. The summed E-state index contributed by atoms with van der Waals surface area (Å²) in [5.41, 5.74) is 0. The summed E-state index contributed by atoms with van der Waals surface area (Å²) >= 11 is 0. The zero-order valence-electron chi connectivity index (χ0n) is 10.8. The fraction of sp³-hybridized carbons (Fsp3) is 0.545. The summed E-state index contributed by atoms with van der Waals surface area (Å²) in [5.74, 6) is -0.345. The van der Waals surface area contributed by atoms with Gasteiger partial charge in [-0.2, -0.15) is 0 Å². The molecule has 2 N–H and O–H groups in total. The van der Waals surface area contributed by atoms with Crippen LogP contribution < -0.4 is 0 Å². The van der Waals surface area contributed by atoms with Crippen LogP contribution in [0, 0.1) is 0 Å². The van der Waals surface area contributed by atoms with E-state index in [1.54, 1.807) is 26.4 Å². The van der Waals surface area contributed by atoms with Gasteiger partial charge >= 0.3 is 12.0 Å². The number of aliphatic carboxylic acids is 1. The SMILES string of the molecule is CCC(C(=O)O)N(C)C(=O)N(C)Cc1ncc[nH]1. The van der Waals surface area contributed by atoms with Gasteiger partial charge in [0, 0.05) is 26.5 Å². The number of aromatic nitrogens is 2. The average molecular weight is 254 g/mol. The number of aromatic amines is 1. The minimum Gasteiger partial charge on any atom is -0.480 e. The first-order chi connectivity index (χ1) is 8.47. The smallest absolute Gasteiger partial charge is 0.326 e. The normalized spacial score (nSPS) is 11.9. The standard InChI is InChI=1S/C11H18N4O3/c1-4-8(10(16)17)15(3)11(18)14(2)7-9-12-5-6-13-9/h5-6,8H,4,7H2,1-3H3,(H,12,13)(H,16,17). The number of likely N-dealkylation sites (N-methyl/N-ethyl adjacent to an activating group) is 1. The Morgan fingerprint density at radius 2 is 2.17 bits per heavy atom. The second kappa shape index (κ2) is 6.04. The molecule has 0 aliphatic rings. The fourth-order valence-corrected chi connectivity index (χ4v) is 1.69. The molecule has 1 aromatic rings. The van der Waals surface area contributed by atoms with Crippen LogP contribution in [0.1, 0.15) is 19.2 Å². The molecule has 0 aromatic carbocycles. The van der Waals surface area contributed by atoms with E-state index in [-0.39, 0.29) is 6.03 Å². The topological polar surface area (TPSA) is 89.5 Å². The summed E-state index contributed by atoms with van der Waals surface area (Å²) in [6.07, 6.45) is 3.64. The second-order valence-electron chi connectivity index (χ2n) is 4.05. The van der Waals surface area contributed by atoms with Crippen molar-refractivity contribution in [2.24, 2.45) is 0 Å². The van der Waals surface area contributed by atoms with Crippen LogP contribution in [-0.4, -0.2) is 57.0 Å². The van der Waals surface area contributed by atoms with Gasteiger partial charge in [0.05, 0.1) is 6.54 Å². The maximum atomic E-state index is 12.0. The number of urea groups is 1. The Morgan fingerprint density at radius 1 is 1.50 bits per heavy atom. The summed E-state index contributed by atoms with van der Waals surface area (Å²) in [4.78, 5) is 32.6. The highest BCUT2D eigenvalue weighted by Crippen LogP contribution is 2.07. The molecule has 0 bridgehead atoms. The second-order valence-corrected chi connectivity index (χ2v) is 4.05. The number of H-pyrrole nitrogens is 1. The quantitative estimate of drug-likeness (QED) is 0.811.